The highest BCUT2D eigenvalue weighted by Gasteiger charge is 2.26. The molecule has 0 spiro atoms. The van der Waals surface area contributed by atoms with Crippen LogP contribution in [0.25, 0.3) is 0 Å². The first-order valence-corrected chi connectivity index (χ1v) is 7.47. The van der Waals surface area contributed by atoms with E-state index >= 15 is 0 Å². The van der Waals surface area contributed by atoms with Crippen LogP contribution >= 0.6 is 11.3 Å². The van der Waals surface area contributed by atoms with Crippen molar-refractivity contribution >= 4 is 27.3 Å². The molecule has 0 atom stereocenters. The summed E-state index contributed by atoms with van der Waals surface area (Å²) in [6, 6.07) is 0. The molecule has 18 heavy (non-hydrogen) atoms. The second-order valence-corrected chi connectivity index (χ2v) is 6.04. The third-order valence-electron chi connectivity index (χ3n) is 2.10. The Labute approximate surface area is 110 Å². The minimum Gasteiger partial charge on any atom is -0.477 e. The molecular formula is C11H13NO4S2. The largest absolute Gasteiger partial charge is 0.477 e. The molecule has 1 aromatic rings. The van der Waals surface area contributed by atoms with Gasteiger partial charge in [0.2, 0.25) is 10.0 Å². The molecule has 0 aliphatic carbocycles. The number of aryl methyl sites for hydroxylation is 1. The van der Waals surface area contributed by atoms with Crippen LogP contribution in [0.4, 0.5) is 0 Å². The van der Waals surface area contributed by atoms with E-state index in [-0.39, 0.29) is 16.3 Å². The maximum atomic E-state index is 12.0. The molecule has 1 aromatic heterocycles. The van der Waals surface area contributed by atoms with Gasteiger partial charge < -0.3 is 5.11 Å². The topological polar surface area (TPSA) is 83.5 Å². The molecule has 0 radical (unpaired) electrons. The predicted octanol–water partition coefficient (Wildman–Crippen LogP) is 1.45. The maximum absolute atomic E-state index is 12.0. The van der Waals surface area contributed by atoms with Gasteiger partial charge in [0, 0.05) is 13.0 Å². The Morgan fingerprint density at radius 3 is 2.78 bits per heavy atom. The normalized spacial score (nSPS) is 10.8. The number of hydrogen-bond donors (Lipinski definition) is 2. The molecule has 0 bridgehead atoms. The van der Waals surface area contributed by atoms with E-state index in [1.165, 1.54) is 5.38 Å². The Bertz CT molecular complexity index is 605. The summed E-state index contributed by atoms with van der Waals surface area (Å²) < 4.78 is 26.3. The van der Waals surface area contributed by atoms with E-state index in [9.17, 15) is 13.2 Å². The van der Waals surface area contributed by atoms with Gasteiger partial charge in [-0.25, -0.2) is 17.9 Å². The average Bonchev–Trinajstić information content (AvgIpc) is 2.67. The Kier molecular flexibility index (Phi) is 4.90. The van der Waals surface area contributed by atoms with Gasteiger partial charge in [0.1, 0.15) is 9.77 Å². The van der Waals surface area contributed by atoms with Gasteiger partial charge in [0.25, 0.3) is 0 Å². The fraction of sp³-hybridized carbons (Fsp3) is 0.364. The van der Waals surface area contributed by atoms with Crippen molar-refractivity contribution in [3.05, 3.63) is 15.8 Å². The van der Waals surface area contributed by atoms with Gasteiger partial charge in [-0.05, 0) is 24.8 Å². The lowest BCUT2D eigenvalue weighted by atomic mass is 10.3. The smallest absolute Gasteiger partial charge is 0.347 e. The number of carboxylic acids is 1. The summed E-state index contributed by atoms with van der Waals surface area (Å²) in [6.45, 7) is 3.40. The number of rotatable bonds is 5. The van der Waals surface area contributed by atoms with Crippen molar-refractivity contribution in [2.45, 2.75) is 25.2 Å². The van der Waals surface area contributed by atoms with E-state index in [0.29, 0.717) is 12.0 Å². The van der Waals surface area contributed by atoms with Crippen molar-refractivity contribution in [2.24, 2.45) is 0 Å². The van der Waals surface area contributed by atoms with Crippen molar-refractivity contribution in [3.63, 3.8) is 0 Å². The zero-order valence-corrected chi connectivity index (χ0v) is 11.6. The second kappa shape index (κ2) is 6.00. The van der Waals surface area contributed by atoms with Gasteiger partial charge in [-0.2, -0.15) is 0 Å². The summed E-state index contributed by atoms with van der Waals surface area (Å²) >= 11 is 0.908. The molecule has 7 heteroatoms. The summed E-state index contributed by atoms with van der Waals surface area (Å²) in [5, 5.41) is 10.5. The Morgan fingerprint density at radius 1 is 1.56 bits per heavy atom. The predicted molar refractivity (Wildman–Crippen MR) is 69.3 cm³/mol. The fourth-order valence-electron chi connectivity index (χ4n) is 1.36. The number of aromatic carboxylic acids is 1. The average molecular weight is 287 g/mol. The van der Waals surface area contributed by atoms with Crippen molar-refractivity contribution in [1.29, 1.82) is 0 Å². The molecule has 2 N–H and O–H groups in total. The molecule has 0 unspecified atom stereocenters. The van der Waals surface area contributed by atoms with Gasteiger partial charge >= 0.3 is 5.97 Å². The fourth-order valence-corrected chi connectivity index (χ4v) is 4.02. The van der Waals surface area contributed by atoms with Gasteiger partial charge in [0.05, 0.1) is 0 Å². The Balaban J connectivity index is 3.00. The van der Waals surface area contributed by atoms with Gasteiger partial charge in [-0.1, -0.05) is 0 Å². The molecule has 5 nitrogen and oxygen atoms in total. The van der Waals surface area contributed by atoms with Crippen LogP contribution in [-0.4, -0.2) is 26.0 Å². The SMILES string of the molecule is CC#CCCNS(=O)(=O)c1c(C)csc1C(=O)O. The molecule has 0 aliphatic heterocycles. The number of thiophene rings is 1. The molecule has 1 heterocycles. The first kappa shape index (κ1) is 14.7. The minimum atomic E-state index is -3.79. The van der Waals surface area contributed by atoms with Crippen LogP contribution in [0, 0.1) is 18.8 Å². The molecule has 98 valence electrons. The number of nitrogens with one attached hydrogen (secondary N) is 1. The monoisotopic (exact) mass is 287 g/mol. The van der Waals surface area contributed by atoms with Crippen LogP contribution in [0.3, 0.4) is 0 Å². The van der Waals surface area contributed by atoms with Crippen LogP contribution < -0.4 is 4.72 Å². The van der Waals surface area contributed by atoms with E-state index in [4.69, 9.17) is 5.11 Å². The first-order valence-electron chi connectivity index (χ1n) is 5.10. The molecule has 0 saturated heterocycles. The summed E-state index contributed by atoms with van der Waals surface area (Å²) in [7, 11) is -3.79. The number of hydrogen-bond acceptors (Lipinski definition) is 4. The molecule has 0 aliphatic rings. The highest BCUT2D eigenvalue weighted by molar-refractivity contribution is 7.89. The van der Waals surface area contributed by atoms with Crippen LogP contribution in [-0.2, 0) is 10.0 Å². The lowest BCUT2D eigenvalue weighted by Gasteiger charge is -2.06. The molecule has 0 amide bonds. The van der Waals surface area contributed by atoms with Crippen molar-refractivity contribution < 1.29 is 18.3 Å². The summed E-state index contributed by atoms with van der Waals surface area (Å²) in [5.74, 6) is 4.15. The maximum Gasteiger partial charge on any atom is 0.347 e. The van der Waals surface area contributed by atoms with Gasteiger partial charge in [-0.3, -0.25) is 0 Å². The molecule has 0 aromatic carbocycles. The highest BCUT2D eigenvalue weighted by atomic mass is 32.2. The van der Waals surface area contributed by atoms with Crippen LogP contribution in [0.1, 0.15) is 28.6 Å². The Hall–Kier alpha value is -1.36. The van der Waals surface area contributed by atoms with Crippen molar-refractivity contribution in [2.75, 3.05) is 6.54 Å². The number of sulfonamides is 1. The summed E-state index contributed by atoms with van der Waals surface area (Å²) in [6.07, 6.45) is 0.390. The van der Waals surface area contributed by atoms with E-state index in [2.05, 4.69) is 16.6 Å². The number of carboxylic acid groups (broad SMARTS) is 1. The van der Waals surface area contributed by atoms with E-state index in [0.717, 1.165) is 11.3 Å². The van der Waals surface area contributed by atoms with Crippen LogP contribution in [0.15, 0.2) is 10.3 Å². The third kappa shape index (κ3) is 3.32. The second-order valence-electron chi connectivity index (χ2n) is 3.46. The summed E-state index contributed by atoms with van der Waals surface area (Å²) in [5.41, 5.74) is 0.437. The molecule has 0 fully saturated rings. The van der Waals surface area contributed by atoms with Crippen LogP contribution in [0.2, 0.25) is 0 Å². The van der Waals surface area contributed by atoms with Gasteiger partial charge in [0.15, 0.2) is 0 Å². The molecule has 1 rings (SSSR count). The van der Waals surface area contributed by atoms with Gasteiger partial charge in [-0.15, -0.1) is 23.2 Å². The first-order chi connectivity index (χ1) is 8.40. The molecule has 0 saturated carbocycles. The van der Waals surface area contributed by atoms with E-state index in [1.54, 1.807) is 13.8 Å². The quantitative estimate of drug-likeness (QED) is 0.634. The van der Waals surface area contributed by atoms with E-state index < -0.39 is 16.0 Å². The minimum absolute atomic E-state index is 0.149. The van der Waals surface area contributed by atoms with Crippen molar-refractivity contribution in [1.82, 2.24) is 4.72 Å². The van der Waals surface area contributed by atoms with E-state index in [1.807, 2.05) is 0 Å². The third-order valence-corrected chi connectivity index (χ3v) is 4.96. The number of carbonyl (C=O) groups is 1. The standard InChI is InChI=1S/C11H13NO4S2/c1-3-4-5-6-12-18(15,16)10-8(2)7-17-9(10)11(13)14/h7,12H,5-6H2,1-2H3,(H,13,14). The highest BCUT2D eigenvalue weighted by Crippen LogP contribution is 2.26. The van der Waals surface area contributed by atoms with Crippen molar-refractivity contribution in [3.8, 4) is 11.8 Å². The van der Waals surface area contributed by atoms with Crippen LogP contribution in [0.5, 0.6) is 0 Å². The zero-order chi connectivity index (χ0) is 13.8. The Morgan fingerprint density at radius 2 is 2.22 bits per heavy atom. The zero-order valence-electron chi connectivity index (χ0n) is 9.98. The summed E-state index contributed by atoms with van der Waals surface area (Å²) in [4.78, 5) is 10.6. The lowest BCUT2D eigenvalue weighted by Crippen LogP contribution is -2.26. The molecular weight excluding hydrogens is 274 g/mol. The lowest BCUT2D eigenvalue weighted by molar-refractivity contribution is 0.0698.